The van der Waals surface area contributed by atoms with Gasteiger partial charge in [-0.2, -0.15) is 0 Å². The van der Waals surface area contributed by atoms with Crippen molar-refractivity contribution in [2.45, 2.75) is 33.4 Å². The van der Waals surface area contributed by atoms with Gasteiger partial charge in [0.1, 0.15) is 0 Å². The van der Waals surface area contributed by atoms with Crippen LogP contribution >= 0.6 is 0 Å². The van der Waals surface area contributed by atoms with E-state index in [0.29, 0.717) is 5.41 Å². The Morgan fingerprint density at radius 3 is 2.12 bits per heavy atom. The first-order valence-electron chi connectivity index (χ1n) is 5.54. The van der Waals surface area contributed by atoms with E-state index >= 15 is 0 Å². The molecule has 0 aromatic heterocycles. The largest absolute Gasteiger partial charge is 0.262 e. The van der Waals surface area contributed by atoms with Crippen LogP contribution in [0.1, 0.15) is 38.1 Å². The van der Waals surface area contributed by atoms with Gasteiger partial charge in [0, 0.05) is 0 Å². The van der Waals surface area contributed by atoms with Gasteiger partial charge in [-0.1, -0.05) is 55.5 Å². The smallest absolute Gasteiger partial charge is 0.157 e. The lowest BCUT2D eigenvalue weighted by Crippen LogP contribution is -2.20. The normalized spacial score (nSPS) is 15.9. The van der Waals surface area contributed by atoms with Gasteiger partial charge in [0.05, 0.1) is 0 Å². The molecule has 1 aliphatic heterocycles. The summed E-state index contributed by atoms with van der Waals surface area (Å²) in [5.41, 5.74) is 8.62. The molecule has 0 fully saturated rings. The van der Waals surface area contributed by atoms with Crippen molar-refractivity contribution in [3.8, 4) is 0 Å². The van der Waals surface area contributed by atoms with Gasteiger partial charge in [0.15, 0.2) is 6.17 Å². The van der Waals surface area contributed by atoms with Gasteiger partial charge < -0.3 is 0 Å². The summed E-state index contributed by atoms with van der Waals surface area (Å²) in [7, 11) is 0. The van der Waals surface area contributed by atoms with Crippen molar-refractivity contribution < 1.29 is 0 Å². The molecule has 0 unspecified atom stereocenters. The summed E-state index contributed by atoms with van der Waals surface area (Å²) >= 11 is 0. The average Bonchev–Trinajstić information content (AvgIpc) is 2.69. The molecule has 0 saturated heterocycles. The van der Waals surface area contributed by atoms with Crippen molar-refractivity contribution >= 4 is 0 Å². The fourth-order valence-electron chi connectivity index (χ4n) is 1.79. The fourth-order valence-corrected chi connectivity index (χ4v) is 1.79. The minimum absolute atomic E-state index is 0.0173. The van der Waals surface area contributed by atoms with Crippen LogP contribution in [0.4, 0.5) is 0 Å². The standard InChI is InChI=1S/C12H18N4/c1-12(2,3)8-9-4-6-10(7-5-9)11-13-15-16-14-11/h4-7,11H,8H2,1-3H3,(H,13,16)(H,14,15). The van der Waals surface area contributed by atoms with Crippen molar-refractivity contribution in [2.75, 3.05) is 0 Å². The van der Waals surface area contributed by atoms with Crippen molar-refractivity contribution in [1.29, 1.82) is 0 Å². The molecule has 0 spiro atoms. The highest BCUT2D eigenvalue weighted by molar-refractivity contribution is 5.25. The Morgan fingerprint density at radius 2 is 1.62 bits per heavy atom. The highest BCUT2D eigenvalue weighted by Gasteiger charge is 2.14. The van der Waals surface area contributed by atoms with E-state index in [-0.39, 0.29) is 6.17 Å². The molecule has 0 aliphatic carbocycles. The van der Waals surface area contributed by atoms with Crippen LogP contribution in [0.5, 0.6) is 0 Å². The molecule has 0 atom stereocenters. The lowest BCUT2D eigenvalue weighted by atomic mass is 9.88. The van der Waals surface area contributed by atoms with E-state index in [2.05, 4.69) is 66.3 Å². The molecule has 86 valence electrons. The van der Waals surface area contributed by atoms with E-state index in [1.54, 1.807) is 0 Å². The lowest BCUT2D eigenvalue weighted by molar-refractivity contribution is 0.411. The molecule has 16 heavy (non-hydrogen) atoms. The van der Waals surface area contributed by atoms with E-state index < -0.39 is 0 Å². The number of hydrogen-bond acceptors (Lipinski definition) is 4. The minimum Gasteiger partial charge on any atom is -0.262 e. The van der Waals surface area contributed by atoms with Crippen LogP contribution in [-0.2, 0) is 6.42 Å². The molecule has 0 amide bonds. The first kappa shape index (κ1) is 10.9. The van der Waals surface area contributed by atoms with Gasteiger partial charge >= 0.3 is 0 Å². The molecule has 1 heterocycles. The van der Waals surface area contributed by atoms with Gasteiger partial charge in [-0.05, 0) is 23.0 Å². The summed E-state index contributed by atoms with van der Waals surface area (Å²) in [5, 5.41) is 7.37. The zero-order valence-corrected chi connectivity index (χ0v) is 9.99. The molecule has 2 N–H and O–H groups in total. The van der Waals surface area contributed by atoms with Gasteiger partial charge in [0.2, 0.25) is 0 Å². The predicted molar refractivity (Wildman–Crippen MR) is 63.5 cm³/mol. The van der Waals surface area contributed by atoms with Crippen LogP contribution < -0.4 is 10.9 Å². The Labute approximate surface area is 96.1 Å². The third-order valence-electron chi connectivity index (χ3n) is 2.47. The highest BCUT2D eigenvalue weighted by atomic mass is 15.7. The van der Waals surface area contributed by atoms with E-state index in [9.17, 15) is 0 Å². The van der Waals surface area contributed by atoms with Gasteiger partial charge in [0.25, 0.3) is 0 Å². The summed E-state index contributed by atoms with van der Waals surface area (Å²) in [4.78, 5) is 0. The second-order valence-electron chi connectivity index (χ2n) is 5.37. The SMILES string of the molecule is CC(C)(C)Cc1ccc(C2NN=NN2)cc1. The first-order valence-corrected chi connectivity index (χ1v) is 5.54. The molecule has 4 nitrogen and oxygen atoms in total. The monoisotopic (exact) mass is 218 g/mol. The van der Waals surface area contributed by atoms with Crippen molar-refractivity contribution in [1.82, 2.24) is 10.9 Å². The van der Waals surface area contributed by atoms with Crippen LogP contribution in [-0.4, -0.2) is 0 Å². The number of hydrogen-bond donors (Lipinski definition) is 2. The lowest BCUT2D eigenvalue weighted by Gasteiger charge is -2.18. The van der Waals surface area contributed by atoms with E-state index in [0.717, 1.165) is 12.0 Å². The topological polar surface area (TPSA) is 48.8 Å². The summed E-state index contributed by atoms with van der Waals surface area (Å²) in [6.45, 7) is 6.75. The Morgan fingerprint density at radius 1 is 1.06 bits per heavy atom. The quantitative estimate of drug-likeness (QED) is 0.802. The molecule has 0 bridgehead atoms. The van der Waals surface area contributed by atoms with Crippen molar-refractivity contribution in [2.24, 2.45) is 15.9 Å². The van der Waals surface area contributed by atoms with Crippen molar-refractivity contribution in [3.05, 3.63) is 35.4 Å². The molecule has 0 saturated carbocycles. The fraction of sp³-hybridized carbons (Fsp3) is 0.500. The zero-order valence-electron chi connectivity index (χ0n) is 9.99. The third-order valence-corrected chi connectivity index (χ3v) is 2.47. The molecule has 1 aromatic rings. The maximum absolute atomic E-state index is 3.69. The third kappa shape index (κ3) is 2.72. The highest BCUT2D eigenvalue weighted by Crippen LogP contribution is 2.22. The second-order valence-corrected chi connectivity index (χ2v) is 5.37. The molecule has 0 radical (unpaired) electrons. The Hall–Kier alpha value is -1.58. The second kappa shape index (κ2) is 4.12. The Kier molecular flexibility index (Phi) is 2.81. The van der Waals surface area contributed by atoms with Crippen molar-refractivity contribution in [3.63, 3.8) is 0 Å². The van der Waals surface area contributed by atoms with Crippen LogP contribution in [0.3, 0.4) is 0 Å². The predicted octanol–water partition coefficient (Wildman–Crippen LogP) is 2.75. The zero-order chi connectivity index (χ0) is 11.6. The molecular weight excluding hydrogens is 200 g/mol. The minimum atomic E-state index is 0.0173. The number of benzene rings is 1. The molecule has 4 heteroatoms. The number of nitrogens with one attached hydrogen (secondary N) is 2. The Bertz CT molecular complexity index is 367. The van der Waals surface area contributed by atoms with Crippen LogP contribution in [0.25, 0.3) is 0 Å². The van der Waals surface area contributed by atoms with Crippen LogP contribution in [0, 0.1) is 5.41 Å². The van der Waals surface area contributed by atoms with E-state index in [4.69, 9.17) is 0 Å². The first-order chi connectivity index (χ1) is 7.54. The van der Waals surface area contributed by atoms with Gasteiger partial charge in [-0.3, -0.25) is 10.9 Å². The van der Waals surface area contributed by atoms with Crippen LogP contribution in [0.15, 0.2) is 34.7 Å². The Balaban J connectivity index is 2.04. The molecule has 1 aliphatic rings. The number of rotatable bonds is 2. The summed E-state index contributed by atoms with van der Waals surface area (Å²) in [6.07, 6.45) is 1.11. The van der Waals surface area contributed by atoms with E-state index in [1.807, 2.05) is 0 Å². The van der Waals surface area contributed by atoms with Gasteiger partial charge in [-0.25, -0.2) is 0 Å². The summed E-state index contributed by atoms with van der Waals surface area (Å²) in [6, 6.07) is 8.56. The van der Waals surface area contributed by atoms with E-state index in [1.165, 1.54) is 5.56 Å². The summed E-state index contributed by atoms with van der Waals surface area (Å²) in [5.74, 6) is 0. The van der Waals surface area contributed by atoms with Crippen LogP contribution in [0.2, 0.25) is 0 Å². The maximum Gasteiger partial charge on any atom is 0.157 e. The maximum atomic E-state index is 3.69. The molecule has 2 rings (SSSR count). The number of nitrogens with zero attached hydrogens (tertiary/aromatic N) is 2. The average molecular weight is 218 g/mol. The molecular formula is C12H18N4. The summed E-state index contributed by atoms with van der Waals surface area (Å²) < 4.78 is 0. The van der Waals surface area contributed by atoms with Gasteiger partial charge in [-0.15, -0.1) is 0 Å². The molecule has 1 aromatic carbocycles.